The van der Waals surface area contributed by atoms with Gasteiger partial charge in [0.25, 0.3) is 5.91 Å². The molecule has 0 radical (unpaired) electrons. The van der Waals surface area contributed by atoms with Crippen LogP contribution >= 0.6 is 46.1 Å². The molecule has 24 heavy (non-hydrogen) atoms. The summed E-state index contributed by atoms with van der Waals surface area (Å²) in [5.74, 6) is -0.377. The molecule has 0 bridgehead atoms. The highest BCUT2D eigenvalue weighted by Crippen LogP contribution is 2.35. The number of hydrogen-bond donors (Lipinski definition) is 1. The van der Waals surface area contributed by atoms with Crippen molar-refractivity contribution in [3.63, 3.8) is 0 Å². The number of rotatable bonds is 3. The second-order valence-corrected chi connectivity index (χ2v) is 7.32. The number of hydrazone groups is 1. The van der Waals surface area contributed by atoms with Crippen LogP contribution in [0.2, 0.25) is 15.1 Å². The second-order valence-electron chi connectivity index (χ2n) is 5.08. The van der Waals surface area contributed by atoms with Crippen molar-refractivity contribution in [1.82, 2.24) is 5.43 Å². The first-order valence-electron chi connectivity index (χ1n) is 6.93. The van der Waals surface area contributed by atoms with Gasteiger partial charge in [-0.2, -0.15) is 5.10 Å². The number of halogens is 3. The highest BCUT2D eigenvalue weighted by atomic mass is 35.5. The highest BCUT2D eigenvalue weighted by molar-refractivity contribution is 7.21. The van der Waals surface area contributed by atoms with E-state index in [9.17, 15) is 4.79 Å². The Balaban J connectivity index is 1.83. The Morgan fingerprint density at radius 3 is 2.58 bits per heavy atom. The summed E-state index contributed by atoms with van der Waals surface area (Å²) in [5.41, 5.74) is 4.11. The van der Waals surface area contributed by atoms with E-state index in [1.165, 1.54) is 17.6 Å². The third-order valence-electron chi connectivity index (χ3n) is 3.35. The van der Waals surface area contributed by atoms with Gasteiger partial charge >= 0.3 is 0 Å². The summed E-state index contributed by atoms with van der Waals surface area (Å²) in [6.45, 7) is 1.99. The van der Waals surface area contributed by atoms with E-state index in [2.05, 4.69) is 10.5 Å². The van der Waals surface area contributed by atoms with Crippen molar-refractivity contribution in [2.75, 3.05) is 0 Å². The third kappa shape index (κ3) is 3.42. The molecule has 122 valence electrons. The second kappa shape index (κ2) is 7.11. The molecule has 0 spiro atoms. The number of carbonyl (C=O) groups excluding carboxylic acids is 1. The number of hydrogen-bond acceptors (Lipinski definition) is 3. The predicted octanol–water partition coefficient (Wildman–Crippen LogP) is 5.93. The number of nitrogens with one attached hydrogen (secondary N) is 1. The smallest absolute Gasteiger partial charge is 0.266 e. The molecule has 1 N–H and O–H groups in total. The van der Waals surface area contributed by atoms with Gasteiger partial charge in [0.05, 0.1) is 21.3 Å². The van der Waals surface area contributed by atoms with Crippen LogP contribution in [-0.2, 0) is 0 Å². The fraction of sp³-hybridized carbons (Fsp3) is 0.0588. The van der Waals surface area contributed by atoms with Crippen molar-refractivity contribution in [2.45, 2.75) is 6.92 Å². The maximum Gasteiger partial charge on any atom is 0.283 e. The number of nitrogens with zero attached hydrogens (tertiary/aromatic N) is 1. The third-order valence-corrected chi connectivity index (χ3v) is 5.67. The van der Waals surface area contributed by atoms with Crippen LogP contribution in [0.5, 0.6) is 0 Å². The number of benzene rings is 2. The summed E-state index contributed by atoms with van der Waals surface area (Å²) in [4.78, 5) is 12.7. The van der Waals surface area contributed by atoms with Gasteiger partial charge in [0.15, 0.2) is 0 Å². The standard InChI is InChI=1S/C17H11Cl3N2OS/c1-9-5-6-10-14(7-9)24-16(15(10)20)17(23)22-21-8-11-12(18)3-2-4-13(11)19/h2-8H,1H3,(H,22,23)/b21-8+. The van der Waals surface area contributed by atoms with Crippen molar-refractivity contribution in [1.29, 1.82) is 0 Å². The molecule has 0 unspecified atom stereocenters. The fourth-order valence-electron chi connectivity index (χ4n) is 2.16. The Kier molecular flexibility index (Phi) is 5.11. The Morgan fingerprint density at radius 1 is 1.17 bits per heavy atom. The monoisotopic (exact) mass is 396 g/mol. The SMILES string of the molecule is Cc1ccc2c(Cl)c(C(=O)N/N=C/c3c(Cl)cccc3Cl)sc2c1. The largest absolute Gasteiger partial charge is 0.283 e. The normalized spacial score (nSPS) is 11.3. The lowest BCUT2D eigenvalue weighted by Gasteiger charge is -2.01. The molecule has 3 rings (SSSR count). The van der Waals surface area contributed by atoms with E-state index in [-0.39, 0.29) is 5.91 Å². The molecule has 0 aliphatic heterocycles. The first kappa shape index (κ1) is 17.2. The maximum absolute atomic E-state index is 12.3. The lowest BCUT2D eigenvalue weighted by atomic mass is 10.2. The fourth-order valence-corrected chi connectivity index (χ4v) is 4.16. The minimum Gasteiger partial charge on any atom is -0.266 e. The van der Waals surface area contributed by atoms with E-state index < -0.39 is 0 Å². The van der Waals surface area contributed by atoms with Gasteiger partial charge in [-0.05, 0) is 30.7 Å². The molecule has 0 saturated heterocycles. The first-order chi connectivity index (χ1) is 11.5. The molecule has 3 aromatic rings. The molecule has 0 aliphatic carbocycles. The van der Waals surface area contributed by atoms with E-state index >= 15 is 0 Å². The van der Waals surface area contributed by atoms with E-state index in [1.54, 1.807) is 18.2 Å². The van der Waals surface area contributed by atoms with E-state index in [1.807, 2.05) is 25.1 Å². The zero-order valence-electron chi connectivity index (χ0n) is 12.4. The highest BCUT2D eigenvalue weighted by Gasteiger charge is 2.16. The summed E-state index contributed by atoms with van der Waals surface area (Å²) < 4.78 is 0.961. The molecule has 2 aromatic carbocycles. The van der Waals surface area contributed by atoms with Crippen LogP contribution < -0.4 is 5.43 Å². The molecular weight excluding hydrogens is 387 g/mol. The maximum atomic E-state index is 12.3. The predicted molar refractivity (Wildman–Crippen MR) is 103 cm³/mol. The zero-order chi connectivity index (χ0) is 17.3. The Morgan fingerprint density at radius 2 is 1.88 bits per heavy atom. The van der Waals surface area contributed by atoms with Crippen molar-refractivity contribution in [2.24, 2.45) is 5.10 Å². The van der Waals surface area contributed by atoms with Crippen molar-refractivity contribution in [3.8, 4) is 0 Å². The van der Waals surface area contributed by atoms with Gasteiger partial charge in [0.2, 0.25) is 0 Å². The first-order valence-corrected chi connectivity index (χ1v) is 8.88. The van der Waals surface area contributed by atoms with Crippen molar-refractivity contribution < 1.29 is 4.79 Å². The molecule has 0 saturated carbocycles. The Labute approximate surface area is 157 Å². The lowest BCUT2D eigenvalue weighted by molar-refractivity contribution is 0.0959. The molecule has 7 heteroatoms. The van der Waals surface area contributed by atoms with Crippen LogP contribution in [0, 0.1) is 6.92 Å². The summed E-state index contributed by atoms with van der Waals surface area (Å²) in [5, 5.41) is 6.12. The minimum absolute atomic E-state index is 0.377. The number of amides is 1. The van der Waals surface area contributed by atoms with E-state index in [4.69, 9.17) is 34.8 Å². The summed E-state index contributed by atoms with van der Waals surface area (Å²) in [6, 6.07) is 11.0. The minimum atomic E-state index is -0.377. The summed E-state index contributed by atoms with van der Waals surface area (Å²) in [6.07, 6.45) is 1.41. The van der Waals surface area contributed by atoms with Crippen molar-refractivity contribution in [3.05, 3.63) is 67.5 Å². The molecular formula is C17H11Cl3N2OS. The average Bonchev–Trinajstić information content (AvgIpc) is 2.86. The van der Waals surface area contributed by atoms with Gasteiger partial charge in [-0.15, -0.1) is 11.3 Å². The van der Waals surface area contributed by atoms with Crippen LogP contribution in [-0.4, -0.2) is 12.1 Å². The van der Waals surface area contributed by atoms with Gasteiger partial charge in [-0.3, -0.25) is 4.79 Å². The molecule has 1 aromatic heterocycles. The lowest BCUT2D eigenvalue weighted by Crippen LogP contribution is -2.16. The number of fused-ring (bicyclic) bond motifs is 1. The molecule has 3 nitrogen and oxygen atoms in total. The van der Waals surface area contributed by atoms with E-state index in [0.717, 1.165) is 15.6 Å². The quantitative estimate of drug-likeness (QED) is 0.431. The number of carbonyl (C=O) groups is 1. The zero-order valence-corrected chi connectivity index (χ0v) is 15.5. The van der Waals surface area contributed by atoms with Crippen molar-refractivity contribution >= 4 is 68.3 Å². The molecule has 0 atom stereocenters. The van der Waals surface area contributed by atoms with Crippen LogP contribution in [0.25, 0.3) is 10.1 Å². The Hall–Kier alpha value is -1.59. The molecule has 1 amide bonds. The molecule has 0 fully saturated rings. The number of aryl methyl sites for hydroxylation is 1. The van der Waals surface area contributed by atoms with Crippen LogP contribution in [0.3, 0.4) is 0 Å². The van der Waals surface area contributed by atoms with Gasteiger partial charge in [-0.1, -0.05) is 53.0 Å². The van der Waals surface area contributed by atoms with Gasteiger partial charge in [0.1, 0.15) is 4.88 Å². The average molecular weight is 398 g/mol. The Bertz CT molecular complexity index is 946. The summed E-state index contributed by atoms with van der Waals surface area (Å²) >= 11 is 19.7. The van der Waals surface area contributed by atoms with Crippen LogP contribution in [0.4, 0.5) is 0 Å². The summed E-state index contributed by atoms with van der Waals surface area (Å²) in [7, 11) is 0. The topological polar surface area (TPSA) is 41.5 Å². The van der Waals surface area contributed by atoms with E-state index in [0.29, 0.717) is 25.5 Å². The number of thiophene rings is 1. The van der Waals surface area contributed by atoms with Crippen LogP contribution in [0.15, 0.2) is 41.5 Å². The van der Waals surface area contributed by atoms with Gasteiger partial charge < -0.3 is 0 Å². The van der Waals surface area contributed by atoms with Gasteiger partial charge in [-0.25, -0.2) is 5.43 Å². The van der Waals surface area contributed by atoms with Crippen LogP contribution in [0.1, 0.15) is 20.8 Å². The van der Waals surface area contributed by atoms with Gasteiger partial charge in [0, 0.05) is 15.6 Å². The molecule has 1 heterocycles. The molecule has 0 aliphatic rings.